The van der Waals surface area contributed by atoms with Crippen molar-refractivity contribution in [3.05, 3.63) is 34.8 Å². The van der Waals surface area contributed by atoms with Gasteiger partial charge in [0.15, 0.2) is 5.82 Å². The maximum absolute atomic E-state index is 13.1. The molecule has 8 heteroatoms. The first kappa shape index (κ1) is 19.0. The molecule has 0 bridgehead atoms. The van der Waals surface area contributed by atoms with Crippen LogP contribution < -0.4 is 5.32 Å². The Balaban J connectivity index is 1.77. The summed E-state index contributed by atoms with van der Waals surface area (Å²) in [6, 6.07) is 3.63. The molecule has 146 valence electrons. The predicted molar refractivity (Wildman–Crippen MR) is 99.1 cm³/mol. The first-order valence-electron chi connectivity index (χ1n) is 9.26. The lowest BCUT2D eigenvalue weighted by atomic mass is 10.0. The second kappa shape index (κ2) is 7.85. The fraction of sp³-hybridized carbons (Fsp3) is 0.526. The molecule has 0 aliphatic carbocycles. The van der Waals surface area contributed by atoms with Gasteiger partial charge in [0.2, 0.25) is 0 Å². The zero-order valence-corrected chi connectivity index (χ0v) is 16.2. The smallest absolute Gasteiger partial charge is 0.407 e. The van der Waals surface area contributed by atoms with Crippen LogP contribution in [0.2, 0.25) is 0 Å². The maximum atomic E-state index is 13.1. The molecular formula is C19H26N4O4. The minimum Gasteiger partial charge on any atom is -0.450 e. The largest absolute Gasteiger partial charge is 0.450 e. The Bertz CT molecular complexity index is 839. The van der Waals surface area contributed by atoms with Crippen LogP contribution in [0.5, 0.6) is 0 Å². The summed E-state index contributed by atoms with van der Waals surface area (Å²) in [4.78, 5) is 26.6. The van der Waals surface area contributed by atoms with Crippen LogP contribution in [0.25, 0.3) is 5.82 Å². The number of nitrogens with zero attached hydrogens (tertiary/aromatic N) is 3. The van der Waals surface area contributed by atoms with E-state index in [2.05, 4.69) is 10.5 Å². The fourth-order valence-electron chi connectivity index (χ4n) is 3.58. The average molecular weight is 374 g/mol. The summed E-state index contributed by atoms with van der Waals surface area (Å²) in [6.45, 7) is 8.92. The lowest BCUT2D eigenvalue weighted by molar-refractivity contribution is 0.0685. The molecule has 2 aromatic rings. The highest BCUT2D eigenvalue weighted by Gasteiger charge is 2.28. The lowest BCUT2D eigenvalue weighted by Gasteiger charge is -2.33. The number of nitrogens with one attached hydrogen (secondary N) is 1. The normalized spacial score (nSPS) is 17.0. The summed E-state index contributed by atoms with van der Waals surface area (Å²) in [5, 5.41) is 6.89. The maximum Gasteiger partial charge on any atom is 0.407 e. The Morgan fingerprint density at radius 3 is 2.78 bits per heavy atom. The van der Waals surface area contributed by atoms with Crippen LogP contribution in [0.1, 0.15) is 47.3 Å². The van der Waals surface area contributed by atoms with Gasteiger partial charge in [-0.15, -0.1) is 0 Å². The summed E-state index contributed by atoms with van der Waals surface area (Å²) in [7, 11) is 0. The molecule has 0 spiro atoms. The van der Waals surface area contributed by atoms with Crippen LogP contribution in [-0.4, -0.2) is 52.4 Å². The summed E-state index contributed by atoms with van der Waals surface area (Å²) in [5.41, 5.74) is 2.39. The summed E-state index contributed by atoms with van der Waals surface area (Å²) in [6.07, 6.45) is 1.24. The highest BCUT2D eigenvalue weighted by molar-refractivity contribution is 5.96. The highest BCUT2D eigenvalue weighted by atomic mass is 16.5. The molecular weight excluding hydrogens is 348 g/mol. The number of aromatic nitrogens is 2. The number of ether oxygens (including phenoxy) is 1. The van der Waals surface area contributed by atoms with Gasteiger partial charge >= 0.3 is 6.09 Å². The van der Waals surface area contributed by atoms with Crippen LogP contribution in [0, 0.1) is 20.8 Å². The highest BCUT2D eigenvalue weighted by Crippen LogP contribution is 2.23. The first-order chi connectivity index (χ1) is 12.9. The van der Waals surface area contributed by atoms with Gasteiger partial charge in [0.1, 0.15) is 5.76 Å². The van der Waals surface area contributed by atoms with Gasteiger partial charge < -0.3 is 19.5 Å². The molecule has 2 aromatic heterocycles. The molecule has 0 radical (unpaired) electrons. The van der Waals surface area contributed by atoms with Gasteiger partial charge in [-0.1, -0.05) is 5.16 Å². The van der Waals surface area contributed by atoms with Gasteiger partial charge in [-0.25, -0.2) is 4.79 Å². The quantitative estimate of drug-likeness (QED) is 0.889. The third-order valence-corrected chi connectivity index (χ3v) is 4.81. The molecule has 2 amide bonds. The van der Waals surface area contributed by atoms with E-state index in [-0.39, 0.29) is 11.9 Å². The van der Waals surface area contributed by atoms with Crippen molar-refractivity contribution in [2.45, 2.75) is 46.6 Å². The number of aryl methyl sites for hydroxylation is 2. The number of piperidine rings is 1. The second-order valence-electron chi connectivity index (χ2n) is 6.87. The van der Waals surface area contributed by atoms with E-state index in [1.807, 2.05) is 37.5 Å². The predicted octanol–water partition coefficient (Wildman–Crippen LogP) is 2.74. The zero-order chi connectivity index (χ0) is 19.6. The van der Waals surface area contributed by atoms with E-state index in [9.17, 15) is 9.59 Å². The molecule has 1 fully saturated rings. The molecule has 1 saturated heterocycles. The molecule has 1 N–H and O–H groups in total. The van der Waals surface area contributed by atoms with Crippen molar-refractivity contribution >= 4 is 12.0 Å². The first-order valence-corrected chi connectivity index (χ1v) is 9.26. The van der Waals surface area contributed by atoms with E-state index in [1.165, 1.54) is 0 Å². The molecule has 1 aliphatic heterocycles. The van der Waals surface area contributed by atoms with Crippen LogP contribution >= 0.6 is 0 Å². The van der Waals surface area contributed by atoms with Gasteiger partial charge in [0.05, 0.1) is 12.2 Å². The van der Waals surface area contributed by atoms with E-state index >= 15 is 0 Å². The third-order valence-electron chi connectivity index (χ3n) is 4.81. The number of carbonyl (C=O) groups is 2. The van der Waals surface area contributed by atoms with Crippen molar-refractivity contribution in [3.63, 3.8) is 0 Å². The minimum atomic E-state index is -0.434. The van der Waals surface area contributed by atoms with Gasteiger partial charge in [-0.3, -0.25) is 9.36 Å². The van der Waals surface area contributed by atoms with Gasteiger partial charge in [0.25, 0.3) is 5.91 Å². The SMILES string of the molecule is CCOC(=O)NC1CCCN(C(=O)c2cc(C)n(-c3cc(C)on3)c2C)C1. The Kier molecular flexibility index (Phi) is 5.53. The minimum absolute atomic E-state index is 0.0371. The lowest BCUT2D eigenvalue weighted by Crippen LogP contribution is -2.49. The number of rotatable bonds is 4. The van der Waals surface area contributed by atoms with Crippen LogP contribution in [-0.2, 0) is 4.74 Å². The number of hydrogen-bond donors (Lipinski definition) is 1. The standard InChI is InChI=1S/C19H26N4O4/c1-5-26-19(25)20-15-7-6-8-22(11-15)18(24)16-9-12(2)23(14(16)4)17-10-13(3)27-21-17/h9-10,15H,5-8,11H2,1-4H3,(H,20,25). The van der Waals surface area contributed by atoms with Crippen molar-refractivity contribution in [2.24, 2.45) is 0 Å². The summed E-state index contributed by atoms with van der Waals surface area (Å²) in [5.74, 6) is 1.35. The Hall–Kier alpha value is -2.77. The molecule has 8 nitrogen and oxygen atoms in total. The van der Waals surface area contributed by atoms with E-state index in [0.29, 0.717) is 36.8 Å². The molecule has 1 atom stereocenters. The number of amides is 2. The monoisotopic (exact) mass is 374 g/mol. The summed E-state index contributed by atoms with van der Waals surface area (Å²) < 4.78 is 12.0. The number of likely N-dealkylation sites (tertiary alicyclic amines) is 1. The number of hydrogen-bond acceptors (Lipinski definition) is 5. The van der Waals surface area contributed by atoms with E-state index < -0.39 is 6.09 Å². The van der Waals surface area contributed by atoms with Crippen LogP contribution in [0.3, 0.4) is 0 Å². The van der Waals surface area contributed by atoms with Gasteiger partial charge in [0, 0.05) is 36.6 Å². The van der Waals surface area contributed by atoms with Gasteiger partial charge in [-0.05, 0) is 46.6 Å². The molecule has 27 heavy (non-hydrogen) atoms. The number of alkyl carbamates (subject to hydrolysis) is 1. The topological polar surface area (TPSA) is 89.6 Å². The van der Waals surface area contributed by atoms with Crippen molar-refractivity contribution in [1.82, 2.24) is 19.9 Å². The zero-order valence-electron chi connectivity index (χ0n) is 16.2. The van der Waals surface area contributed by atoms with Gasteiger partial charge in [-0.2, -0.15) is 0 Å². The fourth-order valence-corrected chi connectivity index (χ4v) is 3.58. The average Bonchev–Trinajstić information content (AvgIpc) is 3.17. The number of carbonyl (C=O) groups excluding carboxylic acids is 2. The third kappa shape index (κ3) is 3.99. The van der Waals surface area contributed by atoms with Crippen molar-refractivity contribution in [1.29, 1.82) is 0 Å². The Labute approximate surface area is 158 Å². The van der Waals surface area contributed by atoms with E-state index in [4.69, 9.17) is 9.26 Å². The molecule has 3 heterocycles. The van der Waals surface area contributed by atoms with Crippen molar-refractivity contribution < 1.29 is 18.8 Å². The van der Waals surface area contributed by atoms with E-state index in [1.54, 1.807) is 11.8 Å². The molecule has 0 aromatic carbocycles. The Morgan fingerprint density at radius 1 is 1.33 bits per heavy atom. The molecule has 1 aliphatic rings. The van der Waals surface area contributed by atoms with Crippen molar-refractivity contribution in [3.8, 4) is 5.82 Å². The van der Waals surface area contributed by atoms with Crippen molar-refractivity contribution in [2.75, 3.05) is 19.7 Å². The molecule has 3 rings (SSSR count). The molecule has 1 unspecified atom stereocenters. The summed E-state index contributed by atoms with van der Waals surface area (Å²) >= 11 is 0. The van der Waals surface area contributed by atoms with Crippen LogP contribution in [0.15, 0.2) is 16.7 Å². The van der Waals surface area contributed by atoms with E-state index in [0.717, 1.165) is 24.2 Å². The molecule has 0 saturated carbocycles. The van der Waals surface area contributed by atoms with Crippen LogP contribution in [0.4, 0.5) is 4.79 Å². The Morgan fingerprint density at radius 2 is 2.11 bits per heavy atom. The second-order valence-corrected chi connectivity index (χ2v) is 6.87.